The first-order valence-corrected chi connectivity index (χ1v) is 12.3. The van der Waals surface area contributed by atoms with Crippen molar-refractivity contribution < 1.29 is 19.1 Å². The highest BCUT2D eigenvalue weighted by molar-refractivity contribution is 7.07. The molecule has 2 heterocycles. The van der Waals surface area contributed by atoms with Crippen LogP contribution in [0, 0.1) is 0 Å². The van der Waals surface area contributed by atoms with Crippen LogP contribution in [0.5, 0.6) is 5.75 Å². The van der Waals surface area contributed by atoms with Crippen LogP contribution in [-0.4, -0.2) is 23.1 Å². The van der Waals surface area contributed by atoms with Gasteiger partial charge in [0.2, 0.25) is 0 Å². The summed E-state index contributed by atoms with van der Waals surface area (Å²) in [5.74, 6) is -0.721. The quantitative estimate of drug-likeness (QED) is 0.264. The Labute approximate surface area is 220 Å². The molecule has 0 amide bonds. The molecule has 0 fully saturated rings. The zero-order valence-electron chi connectivity index (χ0n) is 19.3. The van der Waals surface area contributed by atoms with Crippen LogP contribution in [0.25, 0.3) is 6.08 Å². The van der Waals surface area contributed by atoms with E-state index in [2.05, 4.69) is 11.6 Å². The van der Waals surface area contributed by atoms with Crippen molar-refractivity contribution in [3.05, 3.63) is 107 Å². The van der Waals surface area contributed by atoms with Gasteiger partial charge in [-0.3, -0.25) is 14.2 Å². The van der Waals surface area contributed by atoms with Gasteiger partial charge >= 0.3 is 11.9 Å². The van der Waals surface area contributed by atoms with Gasteiger partial charge in [-0.15, -0.1) is 0 Å². The molecule has 36 heavy (non-hydrogen) atoms. The molecular weight excluding hydrogens is 523 g/mol. The molecule has 1 unspecified atom stereocenters. The van der Waals surface area contributed by atoms with Crippen molar-refractivity contribution in [2.45, 2.75) is 19.9 Å². The average Bonchev–Trinajstić information content (AvgIpc) is 3.13. The van der Waals surface area contributed by atoms with E-state index in [0.29, 0.717) is 42.0 Å². The smallest absolute Gasteiger partial charge is 0.338 e. The molecule has 2 aromatic carbocycles. The van der Waals surface area contributed by atoms with E-state index in [1.54, 1.807) is 55.5 Å². The summed E-state index contributed by atoms with van der Waals surface area (Å²) in [7, 11) is 0. The second kappa shape index (κ2) is 10.7. The molecule has 0 bridgehead atoms. The van der Waals surface area contributed by atoms with Gasteiger partial charge in [-0.1, -0.05) is 65.4 Å². The monoisotopic (exact) mass is 542 g/mol. The van der Waals surface area contributed by atoms with Gasteiger partial charge in [-0.25, -0.2) is 9.79 Å². The molecule has 10 heteroatoms. The molecule has 1 aromatic heterocycles. The molecule has 0 radical (unpaired) electrons. The zero-order chi connectivity index (χ0) is 26.0. The van der Waals surface area contributed by atoms with E-state index < -0.39 is 18.0 Å². The first-order chi connectivity index (χ1) is 17.2. The van der Waals surface area contributed by atoms with Crippen molar-refractivity contribution in [1.82, 2.24) is 4.57 Å². The molecular formula is C26H20Cl2N2O5S. The van der Waals surface area contributed by atoms with Gasteiger partial charge < -0.3 is 9.47 Å². The topological polar surface area (TPSA) is 87.0 Å². The third kappa shape index (κ3) is 5.21. The third-order valence-corrected chi connectivity index (χ3v) is 6.99. The fourth-order valence-electron chi connectivity index (χ4n) is 3.75. The van der Waals surface area contributed by atoms with Crippen LogP contribution in [-0.2, 0) is 14.3 Å². The van der Waals surface area contributed by atoms with Crippen LogP contribution in [0.4, 0.5) is 0 Å². The Morgan fingerprint density at radius 3 is 2.53 bits per heavy atom. The number of halogens is 2. The zero-order valence-corrected chi connectivity index (χ0v) is 21.6. The second-order valence-electron chi connectivity index (χ2n) is 7.81. The Bertz CT molecular complexity index is 1590. The third-order valence-electron chi connectivity index (χ3n) is 5.27. The summed E-state index contributed by atoms with van der Waals surface area (Å²) in [4.78, 5) is 42.9. The highest BCUT2D eigenvalue weighted by Crippen LogP contribution is 2.31. The number of nitrogens with zero attached hydrogens (tertiary/aromatic N) is 2. The number of benzene rings is 2. The van der Waals surface area contributed by atoms with Crippen LogP contribution in [0.15, 0.2) is 76.2 Å². The molecule has 7 nitrogen and oxygen atoms in total. The summed E-state index contributed by atoms with van der Waals surface area (Å²) >= 11 is 13.3. The fraction of sp³-hybridized carbons (Fsp3) is 0.154. The normalized spacial score (nSPS) is 15.2. The van der Waals surface area contributed by atoms with Crippen molar-refractivity contribution in [3.8, 4) is 5.75 Å². The van der Waals surface area contributed by atoms with Crippen LogP contribution in [0.2, 0.25) is 10.0 Å². The molecule has 1 aliphatic heterocycles. The van der Waals surface area contributed by atoms with Crippen molar-refractivity contribution >= 4 is 52.6 Å². The summed E-state index contributed by atoms with van der Waals surface area (Å²) in [5.41, 5.74) is 1.64. The van der Waals surface area contributed by atoms with Gasteiger partial charge in [0.15, 0.2) is 4.80 Å². The maximum absolute atomic E-state index is 13.6. The fourth-order valence-corrected chi connectivity index (χ4v) is 5.10. The lowest BCUT2D eigenvalue weighted by atomic mass is 9.96. The Morgan fingerprint density at radius 2 is 1.89 bits per heavy atom. The maximum atomic E-state index is 13.6. The van der Waals surface area contributed by atoms with Gasteiger partial charge in [0.1, 0.15) is 12.4 Å². The number of carbonyl (C=O) groups is 2. The van der Waals surface area contributed by atoms with Crippen LogP contribution < -0.4 is 19.6 Å². The highest BCUT2D eigenvalue weighted by atomic mass is 35.5. The minimum Gasteiger partial charge on any atom is -0.458 e. The molecule has 3 aromatic rings. The van der Waals surface area contributed by atoms with Crippen LogP contribution in [0.1, 0.15) is 31.0 Å². The molecule has 0 saturated heterocycles. The van der Waals surface area contributed by atoms with Gasteiger partial charge in [0, 0.05) is 6.92 Å². The molecule has 1 atom stereocenters. The Hall–Kier alpha value is -3.46. The summed E-state index contributed by atoms with van der Waals surface area (Å²) in [6.07, 6.45) is 3.16. The Kier molecular flexibility index (Phi) is 7.59. The summed E-state index contributed by atoms with van der Waals surface area (Å²) in [6.45, 7) is 6.59. The summed E-state index contributed by atoms with van der Waals surface area (Å²) < 4.78 is 12.3. The average molecular weight is 543 g/mol. The first kappa shape index (κ1) is 25.6. The minimum absolute atomic E-state index is 0.00939. The lowest BCUT2D eigenvalue weighted by Crippen LogP contribution is -2.39. The van der Waals surface area contributed by atoms with Crippen molar-refractivity contribution in [2.75, 3.05) is 6.61 Å². The number of allylic oxidation sites excluding steroid dienone is 1. The van der Waals surface area contributed by atoms with Gasteiger partial charge in [-0.2, -0.15) is 0 Å². The number of carbonyl (C=O) groups excluding carboxylic acids is 2. The van der Waals surface area contributed by atoms with Crippen LogP contribution in [0.3, 0.4) is 0 Å². The number of hydrogen-bond donors (Lipinski definition) is 0. The second-order valence-corrected chi connectivity index (χ2v) is 9.63. The van der Waals surface area contributed by atoms with Crippen molar-refractivity contribution in [2.24, 2.45) is 4.99 Å². The molecule has 0 N–H and O–H groups in total. The SMILES string of the molecule is C=CCOC(=O)C1=C(C)N=c2s/c(=C/c3ccc(Cl)c(Cl)c3)c(=O)n2C1c1ccc(OC(C)=O)cc1. The van der Waals surface area contributed by atoms with E-state index >= 15 is 0 Å². The molecule has 0 aliphatic carbocycles. The van der Waals surface area contributed by atoms with Crippen LogP contribution >= 0.6 is 34.5 Å². The lowest BCUT2D eigenvalue weighted by Gasteiger charge is -2.24. The number of thiazole rings is 1. The standard InChI is InChI=1S/C26H20Cl2N2O5S/c1-4-11-34-25(33)22-14(2)29-26-30(23(22)17-6-8-18(9-7-17)35-15(3)31)24(32)21(36-26)13-16-5-10-19(27)20(28)12-16/h4-10,12-13,23H,1,11H2,2-3H3/b21-13+. The van der Waals surface area contributed by atoms with Crippen molar-refractivity contribution in [1.29, 1.82) is 0 Å². The van der Waals surface area contributed by atoms with E-state index in [4.69, 9.17) is 32.7 Å². The predicted molar refractivity (Wildman–Crippen MR) is 139 cm³/mol. The summed E-state index contributed by atoms with van der Waals surface area (Å²) in [5, 5.41) is 0.776. The molecule has 1 aliphatic rings. The Balaban J connectivity index is 1.89. The number of esters is 2. The van der Waals surface area contributed by atoms with E-state index in [-0.39, 0.29) is 17.7 Å². The van der Waals surface area contributed by atoms with Gasteiger partial charge in [0.25, 0.3) is 5.56 Å². The Morgan fingerprint density at radius 1 is 1.17 bits per heavy atom. The number of ether oxygens (including phenoxy) is 2. The van der Waals surface area contributed by atoms with Gasteiger partial charge in [0.05, 0.1) is 31.9 Å². The largest absolute Gasteiger partial charge is 0.458 e. The molecule has 4 rings (SSSR count). The van der Waals surface area contributed by atoms with E-state index in [1.165, 1.54) is 28.9 Å². The minimum atomic E-state index is -0.805. The molecule has 0 spiro atoms. The van der Waals surface area contributed by atoms with Crippen molar-refractivity contribution in [3.63, 3.8) is 0 Å². The molecule has 0 saturated carbocycles. The first-order valence-electron chi connectivity index (χ1n) is 10.7. The maximum Gasteiger partial charge on any atom is 0.338 e. The van der Waals surface area contributed by atoms with E-state index in [0.717, 1.165) is 0 Å². The van der Waals surface area contributed by atoms with E-state index in [1.807, 2.05) is 0 Å². The number of fused-ring (bicyclic) bond motifs is 1. The predicted octanol–water partition coefficient (Wildman–Crippen LogP) is 4.20. The number of aromatic nitrogens is 1. The number of rotatable bonds is 6. The highest BCUT2D eigenvalue weighted by Gasteiger charge is 2.33. The van der Waals surface area contributed by atoms with Gasteiger partial charge in [-0.05, 0) is 48.4 Å². The lowest BCUT2D eigenvalue weighted by molar-refractivity contribution is -0.138. The number of hydrogen-bond acceptors (Lipinski definition) is 7. The van der Waals surface area contributed by atoms with E-state index in [9.17, 15) is 14.4 Å². The molecule has 184 valence electrons. The summed E-state index contributed by atoms with van der Waals surface area (Å²) in [6, 6.07) is 10.8.